The molecular formula is C17H13ClF3N5O2. The highest BCUT2D eigenvalue weighted by molar-refractivity contribution is 6.31. The molecule has 2 heterocycles. The van der Waals surface area contributed by atoms with Crippen LogP contribution in [0.15, 0.2) is 40.1 Å². The lowest BCUT2D eigenvalue weighted by atomic mass is 10.1. The first kappa shape index (κ1) is 18.5. The normalized spacial score (nSPS) is 15.3. The summed E-state index contributed by atoms with van der Waals surface area (Å²) in [5.41, 5.74) is 1.19. The minimum atomic E-state index is -4.51. The van der Waals surface area contributed by atoms with Crippen LogP contribution in [0.5, 0.6) is 0 Å². The van der Waals surface area contributed by atoms with Gasteiger partial charge in [0.15, 0.2) is 11.0 Å². The van der Waals surface area contributed by atoms with Crippen LogP contribution >= 0.6 is 11.6 Å². The summed E-state index contributed by atoms with van der Waals surface area (Å²) in [6, 6.07) is 7.17. The molecule has 0 bridgehead atoms. The maximum absolute atomic E-state index is 13.1. The minimum absolute atomic E-state index is 0.138. The van der Waals surface area contributed by atoms with Crippen LogP contribution < -0.4 is 9.80 Å². The second kappa shape index (κ2) is 6.93. The Kier molecular flexibility index (Phi) is 4.58. The molecule has 3 aromatic rings. The lowest BCUT2D eigenvalue weighted by Gasteiger charge is -2.37. The van der Waals surface area contributed by atoms with Crippen molar-refractivity contribution in [2.75, 3.05) is 36.0 Å². The molecule has 7 nitrogen and oxygen atoms in total. The number of halogens is 4. The predicted octanol–water partition coefficient (Wildman–Crippen LogP) is 4.62. The first-order valence-electron chi connectivity index (χ1n) is 8.34. The highest BCUT2D eigenvalue weighted by atomic mass is 35.5. The zero-order valence-corrected chi connectivity index (χ0v) is 15.0. The van der Waals surface area contributed by atoms with Gasteiger partial charge in [0.1, 0.15) is 5.69 Å². The van der Waals surface area contributed by atoms with Crippen molar-refractivity contribution in [1.29, 1.82) is 0 Å². The molecule has 0 spiro atoms. The smallest absolute Gasteiger partial charge is 0.368 e. The van der Waals surface area contributed by atoms with E-state index in [1.165, 1.54) is 12.1 Å². The number of fused-ring (bicyclic) bond motifs is 1. The van der Waals surface area contributed by atoms with Crippen LogP contribution in [0.25, 0.3) is 11.0 Å². The van der Waals surface area contributed by atoms with Crippen molar-refractivity contribution in [2.24, 2.45) is 5.18 Å². The van der Waals surface area contributed by atoms with Gasteiger partial charge in [0, 0.05) is 31.9 Å². The fourth-order valence-electron chi connectivity index (χ4n) is 3.30. The van der Waals surface area contributed by atoms with Crippen molar-refractivity contribution in [2.45, 2.75) is 6.18 Å². The van der Waals surface area contributed by atoms with E-state index >= 15 is 0 Å². The van der Waals surface area contributed by atoms with Gasteiger partial charge in [0.25, 0.3) is 0 Å². The molecule has 0 aliphatic carbocycles. The Morgan fingerprint density at radius 3 is 2.36 bits per heavy atom. The first-order chi connectivity index (χ1) is 13.4. The molecule has 0 N–H and O–H groups in total. The molecule has 0 amide bonds. The van der Waals surface area contributed by atoms with E-state index in [0.717, 1.165) is 11.8 Å². The quantitative estimate of drug-likeness (QED) is 0.585. The highest BCUT2D eigenvalue weighted by Crippen LogP contribution is 2.37. The topological polar surface area (TPSA) is 74.8 Å². The van der Waals surface area contributed by atoms with Gasteiger partial charge in [0.05, 0.1) is 16.3 Å². The van der Waals surface area contributed by atoms with Gasteiger partial charge >= 0.3 is 6.18 Å². The SMILES string of the molecule is O=Nc1ccc(N2CCN(c3ccc(Cl)c(C(F)(F)F)c3)CC2)c2nonc12. The fraction of sp³-hybridized carbons (Fsp3) is 0.294. The molecule has 146 valence electrons. The Morgan fingerprint density at radius 2 is 1.68 bits per heavy atom. The van der Waals surface area contributed by atoms with E-state index in [1.807, 2.05) is 9.80 Å². The van der Waals surface area contributed by atoms with Crippen LogP contribution in [-0.2, 0) is 6.18 Å². The largest absolute Gasteiger partial charge is 0.417 e. The summed E-state index contributed by atoms with van der Waals surface area (Å²) in [6.45, 7) is 2.08. The van der Waals surface area contributed by atoms with E-state index in [2.05, 4.69) is 15.5 Å². The number of benzene rings is 2. The molecule has 1 aromatic heterocycles. The van der Waals surface area contributed by atoms with Crippen LogP contribution in [0, 0.1) is 4.91 Å². The standard InChI is InChI=1S/C17H13ClF3N5O2/c18-12-2-1-10(9-11(12)17(19,20)21)25-5-7-26(8-6-25)14-4-3-13(22-27)15-16(14)24-28-23-15/h1-4,9H,5-8H2. The number of nitroso groups, excluding NO2 is 1. The van der Waals surface area contributed by atoms with Gasteiger partial charge in [-0.3, -0.25) is 0 Å². The Balaban J connectivity index is 1.55. The van der Waals surface area contributed by atoms with Gasteiger partial charge in [-0.05, 0) is 45.8 Å². The van der Waals surface area contributed by atoms with E-state index in [-0.39, 0.29) is 16.2 Å². The molecule has 0 atom stereocenters. The van der Waals surface area contributed by atoms with Gasteiger partial charge in [-0.15, -0.1) is 4.91 Å². The van der Waals surface area contributed by atoms with Gasteiger partial charge in [-0.2, -0.15) is 13.2 Å². The number of rotatable bonds is 3. The Morgan fingerprint density at radius 1 is 1.00 bits per heavy atom. The summed E-state index contributed by atoms with van der Waals surface area (Å²) in [5.74, 6) is 0. The average Bonchev–Trinajstić information content (AvgIpc) is 3.17. The van der Waals surface area contributed by atoms with E-state index in [0.29, 0.717) is 37.4 Å². The molecule has 28 heavy (non-hydrogen) atoms. The van der Waals surface area contributed by atoms with Gasteiger partial charge in [-0.1, -0.05) is 11.6 Å². The lowest BCUT2D eigenvalue weighted by Crippen LogP contribution is -2.46. The van der Waals surface area contributed by atoms with Crippen LogP contribution in [-0.4, -0.2) is 36.5 Å². The number of piperazine rings is 1. The predicted molar refractivity (Wildman–Crippen MR) is 98.1 cm³/mol. The molecule has 0 saturated carbocycles. The maximum Gasteiger partial charge on any atom is 0.417 e. The minimum Gasteiger partial charge on any atom is -0.368 e. The van der Waals surface area contributed by atoms with E-state index in [9.17, 15) is 18.1 Å². The Labute approximate surface area is 161 Å². The third-order valence-electron chi connectivity index (χ3n) is 4.71. The first-order valence-corrected chi connectivity index (χ1v) is 8.71. The van der Waals surface area contributed by atoms with Crippen molar-refractivity contribution in [1.82, 2.24) is 10.3 Å². The maximum atomic E-state index is 13.1. The second-order valence-corrected chi connectivity index (χ2v) is 6.70. The van der Waals surface area contributed by atoms with Gasteiger partial charge < -0.3 is 9.80 Å². The molecule has 0 unspecified atom stereocenters. The van der Waals surface area contributed by atoms with Crippen LogP contribution in [0.3, 0.4) is 0 Å². The van der Waals surface area contributed by atoms with Crippen LogP contribution in [0.1, 0.15) is 5.56 Å². The molecule has 0 radical (unpaired) electrons. The molecule has 1 saturated heterocycles. The number of alkyl halides is 3. The summed E-state index contributed by atoms with van der Waals surface area (Å²) in [5, 5.41) is 10.1. The van der Waals surface area contributed by atoms with Gasteiger partial charge in [-0.25, -0.2) is 4.63 Å². The summed E-state index contributed by atoms with van der Waals surface area (Å²) in [7, 11) is 0. The monoisotopic (exact) mass is 411 g/mol. The number of hydrogen-bond donors (Lipinski definition) is 0. The van der Waals surface area contributed by atoms with Crippen molar-refractivity contribution in [3.8, 4) is 0 Å². The molecule has 4 rings (SSSR count). The number of nitrogens with zero attached hydrogens (tertiary/aromatic N) is 5. The molecule has 11 heteroatoms. The summed E-state index contributed by atoms with van der Waals surface area (Å²) < 4.78 is 44.0. The summed E-state index contributed by atoms with van der Waals surface area (Å²) in [4.78, 5) is 14.7. The van der Waals surface area contributed by atoms with E-state index < -0.39 is 11.7 Å². The Bertz CT molecular complexity index is 1030. The molecular weight excluding hydrogens is 399 g/mol. The molecule has 1 fully saturated rings. The van der Waals surface area contributed by atoms with Crippen LogP contribution in [0.4, 0.5) is 30.2 Å². The molecule has 2 aromatic carbocycles. The second-order valence-electron chi connectivity index (χ2n) is 6.29. The van der Waals surface area contributed by atoms with Crippen LogP contribution in [0.2, 0.25) is 5.02 Å². The third kappa shape index (κ3) is 3.24. The van der Waals surface area contributed by atoms with E-state index in [1.54, 1.807) is 12.1 Å². The zero-order chi connectivity index (χ0) is 19.9. The number of hydrogen-bond acceptors (Lipinski definition) is 7. The molecule has 1 aliphatic rings. The summed E-state index contributed by atoms with van der Waals surface area (Å²) in [6.07, 6.45) is -4.51. The lowest BCUT2D eigenvalue weighted by molar-refractivity contribution is -0.137. The van der Waals surface area contributed by atoms with Crippen molar-refractivity contribution in [3.05, 3.63) is 45.8 Å². The molecule has 1 aliphatic heterocycles. The van der Waals surface area contributed by atoms with Crippen molar-refractivity contribution >= 4 is 39.7 Å². The van der Waals surface area contributed by atoms with E-state index in [4.69, 9.17) is 16.2 Å². The van der Waals surface area contributed by atoms with Crippen molar-refractivity contribution < 1.29 is 17.8 Å². The highest BCUT2D eigenvalue weighted by Gasteiger charge is 2.34. The third-order valence-corrected chi connectivity index (χ3v) is 5.04. The Hall–Kier alpha value is -2.88. The average molecular weight is 412 g/mol. The number of aromatic nitrogens is 2. The van der Waals surface area contributed by atoms with Crippen molar-refractivity contribution in [3.63, 3.8) is 0 Å². The zero-order valence-electron chi connectivity index (χ0n) is 14.3. The number of anilines is 2. The van der Waals surface area contributed by atoms with Gasteiger partial charge in [0.2, 0.25) is 0 Å². The fourth-order valence-corrected chi connectivity index (χ4v) is 3.53. The summed E-state index contributed by atoms with van der Waals surface area (Å²) >= 11 is 5.69.